The van der Waals surface area contributed by atoms with E-state index in [1.807, 2.05) is 17.0 Å². The van der Waals surface area contributed by atoms with Crippen molar-refractivity contribution in [2.24, 2.45) is 0 Å². The number of nitrogens with one attached hydrogen (secondary N) is 1. The number of hydrogen-bond donors (Lipinski definition) is 2. The van der Waals surface area contributed by atoms with E-state index in [0.717, 1.165) is 18.7 Å². The topological polar surface area (TPSA) is 108 Å². The Balaban J connectivity index is 1.53. The number of carbonyl (C=O) groups excluding carboxylic acids is 1. The quantitative estimate of drug-likeness (QED) is 0.594. The monoisotopic (exact) mass is 394 g/mol. The van der Waals surface area contributed by atoms with Crippen LogP contribution >= 0.6 is 0 Å². The molecule has 1 aliphatic heterocycles. The van der Waals surface area contributed by atoms with E-state index in [1.165, 1.54) is 6.33 Å². The number of ether oxygens (including phenoxy) is 1. The summed E-state index contributed by atoms with van der Waals surface area (Å²) in [6.45, 7) is 6.40. The summed E-state index contributed by atoms with van der Waals surface area (Å²) < 4.78 is 6.02. The lowest BCUT2D eigenvalue weighted by atomic mass is 10.0. The first-order valence-electron chi connectivity index (χ1n) is 9.85. The summed E-state index contributed by atoms with van der Waals surface area (Å²) in [6, 6.07) is 7.24. The van der Waals surface area contributed by atoms with E-state index < -0.39 is 0 Å². The van der Waals surface area contributed by atoms with Crippen LogP contribution in [0.3, 0.4) is 0 Å². The van der Waals surface area contributed by atoms with Gasteiger partial charge in [-0.3, -0.25) is 10.2 Å². The third-order valence-electron chi connectivity index (χ3n) is 5.57. The molecule has 1 saturated carbocycles. The molecule has 0 unspecified atom stereocenters. The summed E-state index contributed by atoms with van der Waals surface area (Å²) in [5, 5.41) is 8.66. The van der Waals surface area contributed by atoms with Gasteiger partial charge in [-0.05, 0) is 38.0 Å². The van der Waals surface area contributed by atoms with Gasteiger partial charge in [0.25, 0.3) is 0 Å². The van der Waals surface area contributed by atoms with E-state index in [9.17, 15) is 4.79 Å². The van der Waals surface area contributed by atoms with Crippen molar-refractivity contribution in [1.29, 1.82) is 5.41 Å². The largest absolute Gasteiger partial charge is 0.488 e. The van der Waals surface area contributed by atoms with Crippen molar-refractivity contribution in [2.75, 3.05) is 36.8 Å². The lowest BCUT2D eigenvalue weighted by molar-refractivity contribution is -0.129. The van der Waals surface area contributed by atoms with Gasteiger partial charge in [-0.15, -0.1) is 0 Å². The zero-order valence-corrected chi connectivity index (χ0v) is 16.8. The van der Waals surface area contributed by atoms with Crippen molar-refractivity contribution in [2.45, 2.75) is 32.3 Å². The van der Waals surface area contributed by atoms with Crippen LogP contribution in [0.1, 0.15) is 37.9 Å². The van der Waals surface area contributed by atoms with Crippen LogP contribution in [0.4, 0.5) is 11.5 Å². The summed E-state index contributed by atoms with van der Waals surface area (Å²) in [5.74, 6) is 1.56. The maximum absolute atomic E-state index is 11.5. The Labute approximate surface area is 170 Å². The van der Waals surface area contributed by atoms with E-state index in [2.05, 4.69) is 21.8 Å². The summed E-state index contributed by atoms with van der Waals surface area (Å²) in [4.78, 5) is 24.1. The molecule has 0 bridgehead atoms. The van der Waals surface area contributed by atoms with Crippen molar-refractivity contribution < 1.29 is 9.53 Å². The van der Waals surface area contributed by atoms with Crippen LogP contribution in [-0.2, 0) is 4.79 Å². The molecule has 3 N–H and O–H groups in total. The fourth-order valence-corrected chi connectivity index (χ4v) is 3.42. The number of anilines is 2. The van der Waals surface area contributed by atoms with E-state index in [4.69, 9.17) is 15.9 Å². The molecule has 0 atom stereocenters. The SMILES string of the molecule is CC(=O)N1CCN(c2cc(C(=N)c3cc(OC4(C)CC4)ccc3N)ncn2)CC1. The number of amides is 1. The standard InChI is InChI=1S/C21H26N6O2/c1-14(28)26-7-9-27(10-8-26)19-12-18(24-13-25-19)20(23)16-11-15(3-4-17(16)22)29-21(2)5-6-21/h3-4,11-13,23H,5-10,22H2,1-2H3. The average Bonchev–Trinajstić information content (AvgIpc) is 3.45. The van der Waals surface area contributed by atoms with Crippen molar-refractivity contribution in [3.63, 3.8) is 0 Å². The molecule has 8 heteroatoms. The number of piperazine rings is 1. The zero-order valence-electron chi connectivity index (χ0n) is 16.8. The summed E-state index contributed by atoms with van der Waals surface area (Å²) in [7, 11) is 0. The summed E-state index contributed by atoms with van der Waals surface area (Å²) >= 11 is 0. The van der Waals surface area contributed by atoms with E-state index in [1.54, 1.807) is 19.1 Å². The Morgan fingerprint density at radius 2 is 1.90 bits per heavy atom. The van der Waals surface area contributed by atoms with Crippen LogP contribution in [0.25, 0.3) is 0 Å². The molecule has 152 valence electrons. The number of hydrogen-bond acceptors (Lipinski definition) is 7. The minimum absolute atomic E-state index is 0.0902. The highest BCUT2D eigenvalue weighted by atomic mass is 16.5. The normalized spacial score (nSPS) is 17.7. The molecule has 1 aromatic carbocycles. The Morgan fingerprint density at radius 1 is 1.17 bits per heavy atom. The Hall–Kier alpha value is -3.16. The predicted molar refractivity (Wildman–Crippen MR) is 112 cm³/mol. The van der Waals surface area contributed by atoms with E-state index in [0.29, 0.717) is 48.9 Å². The molecule has 2 fully saturated rings. The first-order valence-corrected chi connectivity index (χ1v) is 9.85. The van der Waals surface area contributed by atoms with Gasteiger partial charge in [0.2, 0.25) is 5.91 Å². The molecule has 1 aromatic heterocycles. The molecule has 2 aromatic rings. The second kappa shape index (κ2) is 7.35. The number of aromatic nitrogens is 2. The van der Waals surface area contributed by atoms with Crippen molar-refractivity contribution in [3.8, 4) is 5.75 Å². The van der Waals surface area contributed by atoms with Crippen molar-refractivity contribution in [1.82, 2.24) is 14.9 Å². The first-order chi connectivity index (χ1) is 13.8. The summed E-state index contributed by atoms with van der Waals surface area (Å²) in [6.07, 6.45) is 3.55. The molecule has 4 rings (SSSR count). The second-order valence-electron chi connectivity index (χ2n) is 7.93. The molecule has 1 saturated heterocycles. The highest BCUT2D eigenvalue weighted by molar-refractivity contribution is 6.13. The number of rotatable bonds is 5. The molecule has 0 radical (unpaired) electrons. The molecule has 0 spiro atoms. The number of nitrogens with two attached hydrogens (primary N) is 1. The van der Waals surface area contributed by atoms with Crippen molar-refractivity contribution in [3.05, 3.63) is 41.9 Å². The molecule has 1 amide bonds. The molecule has 1 aliphatic carbocycles. The van der Waals surface area contributed by atoms with Gasteiger partial charge in [0, 0.05) is 50.4 Å². The van der Waals surface area contributed by atoms with Gasteiger partial charge < -0.3 is 20.3 Å². The smallest absolute Gasteiger partial charge is 0.219 e. The van der Waals surface area contributed by atoms with Crippen LogP contribution in [0.15, 0.2) is 30.6 Å². The van der Waals surface area contributed by atoms with Crippen LogP contribution in [-0.4, -0.2) is 58.3 Å². The third kappa shape index (κ3) is 4.16. The lowest BCUT2D eigenvalue weighted by Crippen LogP contribution is -2.48. The average molecular weight is 394 g/mol. The lowest BCUT2D eigenvalue weighted by Gasteiger charge is -2.34. The Bertz CT molecular complexity index is 948. The van der Waals surface area contributed by atoms with Crippen LogP contribution in [0.2, 0.25) is 0 Å². The molecule has 8 nitrogen and oxygen atoms in total. The fourth-order valence-electron chi connectivity index (χ4n) is 3.42. The van der Waals surface area contributed by atoms with Gasteiger partial charge in [-0.25, -0.2) is 9.97 Å². The van der Waals surface area contributed by atoms with Gasteiger partial charge in [-0.2, -0.15) is 0 Å². The van der Waals surface area contributed by atoms with Gasteiger partial charge >= 0.3 is 0 Å². The van der Waals surface area contributed by atoms with Crippen molar-refractivity contribution >= 4 is 23.1 Å². The predicted octanol–water partition coefficient (Wildman–Crippen LogP) is 2.07. The molecule has 2 heterocycles. The van der Waals surface area contributed by atoms with E-state index in [-0.39, 0.29) is 17.2 Å². The summed E-state index contributed by atoms with van der Waals surface area (Å²) in [5.41, 5.74) is 7.90. The maximum Gasteiger partial charge on any atom is 0.219 e. The highest BCUT2D eigenvalue weighted by Gasteiger charge is 2.40. The Morgan fingerprint density at radius 3 is 2.55 bits per heavy atom. The minimum atomic E-state index is -0.0975. The molecular weight excluding hydrogens is 368 g/mol. The van der Waals surface area contributed by atoms with Crippen LogP contribution in [0, 0.1) is 5.41 Å². The van der Waals surface area contributed by atoms with Gasteiger partial charge in [0.15, 0.2) is 0 Å². The fraction of sp³-hybridized carbons (Fsp3) is 0.429. The van der Waals surface area contributed by atoms with Gasteiger partial charge in [-0.1, -0.05) is 0 Å². The van der Waals surface area contributed by atoms with Gasteiger partial charge in [0.1, 0.15) is 23.5 Å². The maximum atomic E-state index is 11.5. The highest BCUT2D eigenvalue weighted by Crippen LogP contribution is 2.40. The number of carbonyl (C=O) groups is 1. The number of benzene rings is 1. The Kier molecular flexibility index (Phi) is 4.86. The number of nitrogen functional groups attached to an aromatic ring is 1. The molecule has 29 heavy (non-hydrogen) atoms. The molecular formula is C21H26N6O2. The first kappa shape index (κ1) is 19.2. The van der Waals surface area contributed by atoms with Crippen LogP contribution < -0.4 is 15.4 Å². The van der Waals surface area contributed by atoms with Gasteiger partial charge in [0.05, 0.1) is 11.4 Å². The zero-order chi connectivity index (χ0) is 20.6. The minimum Gasteiger partial charge on any atom is -0.488 e. The molecule has 2 aliphatic rings. The third-order valence-corrected chi connectivity index (χ3v) is 5.57. The second-order valence-corrected chi connectivity index (χ2v) is 7.93. The number of nitrogens with zero attached hydrogens (tertiary/aromatic N) is 4. The van der Waals surface area contributed by atoms with E-state index >= 15 is 0 Å². The van der Waals surface area contributed by atoms with Crippen LogP contribution in [0.5, 0.6) is 5.75 Å².